The molecule has 1 atom stereocenters. The Bertz CT molecular complexity index is 512. The van der Waals surface area contributed by atoms with Crippen molar-refractivity contribution in [2.24, 2.45) is 0 Å². The summed E-state index contributed by atoms with van der Waals surface area (Å²) < 4.78 is 0. The first-order chi connectivity index (χ1) is 10.6. The molecule has 1 aliphatic rings. The maximum absolute atomic E-state index is 11.0. The molecule has 3 nitrogen and oxygen atoms in total. The third kappa shape index (κ3) is 3.62. The van der Waals surface area contributed by atoms with Crippen molar-refractivity contribution in [1.82, 2.24) is 4.98 Å². The Labute approximate surface area is 139 Å². The largest absolute Gasteiger partial charge is 0.368 e. The summed E-state index contributed by atoms with van der Waals surface area (Å²) >= 11 is 6.45. The monoisotopic (exact) mass is 322 g/mol. The van der Waals surface area contributed by atoms with Crippen LogP contribution in [0.3, 0.4) is 0 Å². The Hall–Kier alpha value is -1.09. The zero-order valence-corrected chi connectivity index (χ0v) is 14.7. The maximum Gasteiger partial charge on any atom is 0.134 e. The van der Waals surface area contributed by atoms with Crippen molar-refractivity contribution in [1.29, 1.82) is 0 Å². The number of anilines is 1. The Kier molecular flexibility index (Phi) is 6.25. The molecule has 1 aliphatic heterocycles. The van der Waals surface area contributed by atoms with Crippen LogP contribution in [0.1, 0.15) is 69.5 Å². The molecule has 2 heterocycles. The molecule has 0 saturated heterocycles. The number of aromatic nitrogens is 1. The van der Waals surface area contributed by atoms with Crippen LogP contribution < -0.4 is 4.90 Å². The van der Waals surface area contributed by atoms with Gasteiger partial charge in [0.05, 0.1) is 0 Å². The van der Waals surface area contributed by atoms with E-state index in [2.05, 4.69) is 29.8 Å². The van der Waals surface area contributed by atoms with Crippen molar-refractivity contribution in [3.8, 4) is 0 Å². The molecule has 2 rings (SSSR count). The van der Waals surface area contributed by atoms with Gasteiger partial charge >= 0.3 is 0 Å². The lowest BCUT2D eigenvalue weighted by molar-refractivity contribution is -0.108. The molecule has 0 fully saturated rings. The van der Waals surface area contributed by atoms with Crippen LogP contribution in [-0.4, -0.2) is 23.9 Å². The second kappa shape index (κ2) is 7.96. The molecule has 0 aliphatic carbocycles. The van der Waals surface area contributed by atoms with Gasteiger partial charge in [0.25, 0.3) is 0 Å². The minimum atomic E-state index is 0.216. The molecule has 122 valence electrons. The second-order valence-corrected chi connectivity index (χ2v) is 6.66. The molecule has 0 radical (unpaired) electrons. The lowest BCUT2D eigenvalue weighted by Gasteiger charge is -2.41. The number of rotatable bonds is 7. The summed E-state index contributed by atoms with van der Waals surface area (Å²) in [7, 11) is 0. The molecular formula is C18H27ClN2O. The number of aryl methyl sites for hydroxylation is 1. The summed E-state index contributed by atoms with van der Waals surface area (Å²) in [6, 6.07) is 2.71. The normalized spacial score (nSPS) is 17.7. The van der Waals surface area contributed by atoms with Crippen LogP contribution in [0, 0.1) is 6.92 Å². The highest BCUT2D eigenvalue weighted by atomic mass is 35.5. The number of fused-ring (bicyclic) bond motifs is 1. The number of pyridine rings is 1. The summed E-state index contributed by atoms with van der Waals surface area (Å²) in [5.74, 6) is 0.216. The standard InChI is InChI=1S/C18H27ClN2O/c1-4-6-15(7-5-2)21-10-8-14(9-11-22)17-16(21)12-13(3)20-18(17)19/h11-12,14-15H,4-10H2,1-3H3. The van der Waals surface area contributed by atoms with Gasteiger partial charge in [-0.15, -0.1) is 0 Å². The van der Waals surface area contributed by atoms with E-state index in [1.807, 2.05) is 6.92 Å². The summed E-state index contributed by atoms with van der Waals surface area (Å²) in [5, 5.41) is 0.582. The minimum Gasteiger partial charge on any atom is -0.368 e. The fourth-order valence-electron chi connectivity index (χ4n) is 3.66. The minimum absolute atomic E-state index is 0.216. The van der Waals surface area contributed by atoms with E-state index >= 15 is 0 Å². The first-order valence-electron chi connectivity index (χ1n) is 8.49. The first-order valence-corrected chi connectivity index (χ1v) is 8.87. The van der Waals surface area contributed by atoms with Gasteiger partial charge in [0.1, 0.15) is 11.4 Å². The van der Waals surface area contributed by atoms with E-state index in [1.54, 1.807) is 0 Å². The third-order valence-electron chi connectivity index (χ3n) is 4.62. The summed E-state index contributed by atoms with van der Waals surface area (Å²) in [5.41, 5.74) is 3.25. The Morgan fingerprint density at radius 1 is 1.41 bits per heavy atom. The third-order valence-corrected chi connectivity index (χ3v) is 4.91. The summed E-state index contributed by atoms with van der Waals surface area (Å²) in [4.78, 5) is 18.0. The van der Waals surface area contributed by atoms with E-state index in [9.17, 15) is 4.79 Å². The average molecular weight is 323 g/mol. The van der Waals surface area contributed by atoms with Crippen LogP contribution in [0.25, 0.3) is 0 Å². The zero-order valence-electron chi connectivity index (χ0n) is 13.9. The van der Waals surface area contributed by atoms with Gasteiger partial charge < -0.3 is 9.69 Å². The van der Waals surface area contributed by atoms with Crippen LogP contribution in [-0.2, 0) is 4.79 Å². The fraction of sp³-hybridized carbons (Fsp3) is 0.667. The van der Waals surface area contributed by atoms with E-state index in [-0.39, 0.29) is 5.92 Å². The predicted octanol–water partition coefficient (Wildman–Crippen LogP) is 4.89. The van der Waals surface area contributed by atoms with E-state index in [0.29, 0.717) is 17.6 Å². The molecule has 0 N–H and O–H groups in total. The zero-order chi connectivity index (χ0) is 16.1. The van der Waals surface area contributed by atoms with Crippen molar-refractivity contribution >= 4 is 23.6 Å². The lowest BCUT2D eigenvalue weighted by Crippen LogP contribution is -2.40. The van der Waals surface area contributed by atoms with Crippen LogP contribution in [0.15, 0.2) is 6.07 Å². The number of nitrogens with zero attached hydrogens (tertiary/aromatic N) is 2. The van der Waals surface area contributed by atoms with Gasteiger partial charge in [-0.1, -0.05) is 38.3 Å². The van der Waals surface area contributed by atoms with E-state index < -0.39 is 0 Å². The summed E-state index contributed by atoms with van der Waals surface area (Å²) in [6.07, 6.45) is 7.31. The van der Waals surface area contributed by atoms with Crippen molar-refractivity contribution < 1.29 is 4.79 Å². The smallest absolute Gasteiger partial charge is 0.134 e. The number of aldehydes is 1. The van der Waals surface area contributed by atoms with E-state index in [0.717, 1.165) is 30.5 Å². The number of halogens is 1. The number of carbonyl (C=O) groups excluding carboxylic acids is 1. The van der Waals surface area contributed by atoms with Crippen molar-refractivity contribution in [3.63, 3.8) is 0 Å². The Morgan fingerprint density at radius 3 is 2.68 bits per heavy atom. The molecule has 0 spiro atoms. The number of hydrogen-bond donors (Lipinski definition) is 0. The van der Waals surface area contributed by atoms with Crippen molar-refractivity contribution in [3.05, 3.63) is 22.5 Å². The van der Waals surface area contributed by atoms with Crippen LogP contribution in [0.2, 0.25) is 5.15 Å². The lowest BCUT2D eigenvalue weighted by atomic mass is 9.87. The number of carbonyl (C=O) groups is 1. The Morgan fingerprint density at radius 2 is 2.09 bits per heavy atom. The maximum atomic E-state index is 11.0. The van der Waals surface area contributed by atoms with Gasteiger partial charge in [0.15, 0.2) is 0 Å². The van der Waals surface area contributed by atoms with Gasteiger partial charge in [-0.05, 0) is 38.2 Å². The molecule has 1 aromatic rings. The second-order valence-electron chi connectivity index (χ2n) is 6.30. The van der Waals surface area contributed by atoms with Gasteiger partial charge in [-0.25, -0.2) is 4.98 Å². The molecule has 1 aromatic heterocycles. The highest BCUT2D eigenvalue weighted by Crippen LogP contribution is 2.42. The van der Waals surface area contributed by atoms with E-state index in [4.69, 9.17) is 11.6 Å². The molecule has 0 bridgehead atoms. The molecule has 0 amide bonds. The topological polar surface area (TPSA) is 33.2 Å². The van der Waals surface area contributed by atoms with Gasteiger partial charge in [0.2, 0.25) is 0 Å². The average Bonchev–Trinajstić information content (AvgIpc) is 2.47. The van der Waals surface area contributed by atoms with Crippen molar-refractivity contribution in [2.45, 2.75) is 71.3 Å². The van der Waals surface area contributed by atoms with Gasteiger partial charge in [-0.3, -0.25) is 0 Å². The summed E-state index contributed by atoms with van der Waals surface area (Å²) in [6.45, 7) is 7.49. The molecular weight excluding hydrogens is 296 g/mol. The SMILES string of the molecule is CCCC(CCC)N1CCC(CC=O)c2c1cc(C)nc2Cl. The fourth-order valence-corrected chi connectivity index (χ4v) is 4.04. The Balaban J connectivity index is 2.43. The van der Waals surface area contributed by atoms with E-state index in [1.165, 1.54) is 31.4 Å². The molecule has 0 saturated carbocycles. The quantitative estimate of drug-likeness (QED) is 0.529. The first kappa shape index (κ1) is 17.3. The highest BCUT2D eigenvalue weighted by Gasteiger charge is 2.31. The van der Waals surface area contributed by atoms with Crippen LogP contribution in [0.5, 0.6) is 0 Å². The predicted molar refractivity (Wildman–Crippen MR) is 93.0 cm³/mol. The van der Waals surface area contributed by atoms with Crippen LogP contribution >= 0.6 is 11.6 Å². The molecule has 4 heteroatoms. The highest BCUT2D eigenvalue weighted by molar-refractivity contribution is 6.30. The van der Waals surface area contributed by atoms with Gasteiger partial charge in [-0.2, -0.15) is 0 Å². The van der Waals surface area contributed by atoms with Crippen LogP contribution in [0.4, 0.5) is 5.69 Å². The van der Waals surface area contributed by atoms with Gasteiger partial charge in [0, 0.05) is 36.0 Å². The van der Waals surface area contributed by atoms with Crippen molar-refractivity contribution in [2.75, 3.05) is 11.4 Å². The number of hydrogen-bond acceptors (Lipinski definition) is 3. The molecule has 0 aromatic carbocycles. The molecule has 1 unspecified atom stereocenters. The molecule has 22 heavy (non-hydrogen) atoms.